The molecule has 0 amide bonds. The molecule has 0 saturated carbocycles. The fourth-order valence-corrected chi connectivity index (χ4v) is 2.79. The quantitative estimate of drug-likeness (QED) is 0.741. The van der Waals surface area contributed by atoms with Gasteiger partial charge in [-0.2, -0.15) is 0 Å². The van der Waals surface area contributed by atoms with Crippen LogP contribution in [0.4, 0.5) is 0 Å². The smallest absolute Gasteiger partial charge is 0.0240 e. The predicted octanol–water partition coefficient (Wildman–Crippen LogP) is 4.26. The summed E-state index contributed by atoms with van der Waals surface area (Å²) in [6.07, 6.45) is 15.7. The van der Waals surface area contributed by atoms with Crippen molar-refractivity contribution in [1.82, 2.24) is 4.90 Å². The molecule has 0 aliphatic heterocycles. The van der Waals surface area contributed by atoms with Crippen LogP contribution in [-0.4, -0.2) is 18.0 Å². The molecule has 1 nitrogen and oxygen atoms in total. The Morgan fingerprint density at radius 2 is 1.85 bits per heavy atom. The molecule has 0 aromatic heterocycles. The molecule has 1 heteroatoms. The number of rotatable bonds is 6. The monoisotopic (exact) mass is 263 g/mol. The number of benzene rings is 1. The van der Waals surface area contributed by atoms with E-state index in [9.17, 15) is 0 Å². The van der Waals surface area contributed by atoms with Crippen LogP contribution in [-0.2, 0) is 6.54 Å². The molecule has 20 heavy (non-hydrogen) atoms. The highest BCUT2D eigenvalue weighted by Crippen LogP contribution is 2.17. The second-order valence-electron chi connectivity index (χ2n) is 5.51. The standard InChI is InChI=1S/C19H21N/c1-2-8-17(9-3-1)14-20(15-18-10-4-5-11-18)16-19-12-6-7-13-19/h1-6,8-10,12-13H,7,11,14-16H2. The Labute approximate surface area is 121 Å². The van der Waals surface area contributed by atoms with Gasteiger partial charge in [0.25, 0.3) is 0 Å². The summed E-state index contributed by atoms with van der Waals surface area (Å²) < 4.78 is 0. The van der Waals surface area contributed by atoms with Gasteiger partial charge in [-0.15, -0.1) is 0 Å². The van der Waals surface area contributed by atoms with Crippen LogP contribution in [0.25, 0.3) is 0 Å². The van der Waals surface area contributed by atoms with Crippen molar-refractivity contribution >= 4 is 0 Å². The normalized spacial score (nSPS) is 16.9. The lowest BCUT2D eigenvalue weighted by Crippen LogP contribution is -2.27. The van der Waals surface area contributed by atoms with Crippen molar-refractivity contribution in [2.24, 2.45) is 0 Å². The molecule has 0 N–H and O–H groups in total. The maximum atomic E-state index is 2.54. The van der Waals surface area contributed by atoms with Crippen molar-refractivity contribution in [1.29, 1.82) is 0 Å². The zero-order valence-electron chi connectivity index (χ0n) is 11.8. The minimum atomic E-state index is 1.02. The van der Waals surface area contributed by atoms with Crippen LogP contribution in [0.3, 0.4) is 0 Å². The van der Waals surface area contributed by atoms with Crippen molar-refractivity contribution in [3.05, 3.63) is 83.5 Å². The van der Waals surface area contributed by atoms with Crippen molar-refractivity contribution in [2.45, 2.75) is 19.4 Å². The van der Waals surface area contributed by atoms with Crippen molar-refractivity contribution < 1.29 is 0 Å². The molecule has 2 aliphatic carbocycles. The van der Waals surface area contributed by atoms with Gasteiger partial charge in [-0.1, -0.05) is 72.4 Å². The van der Waals surface area contributed by atoms with E-state index in [1.54, 1.807) is 0 Å². The highest BCUT2D eigenvalue weighted by Gasteiger charge is 2.11. The van der Waals surface area contributed by atoms with Crippen LogP contribution in [0.15, 0.2) is 77.9 Å². The molecule has 102 valence electrons. The van der Waals surface area contributed by atoms with Gasteiger partial charge in [-0.05, 0) is 24.0 Å². The lowest BCUT2D eigenvalue weighted by atomic mass is 10.1. The molecule has 0 fully saturated rings. The highest BCUT2D eigenvalue weighted by atomic mass is 15.1. The Hall–Kier alpha value is -1.86. The number of hydrogen-bond acceptors (Lipinski definition) is 1. The molecule has 1 aromatic rings. The molecule has 0 saturated heterocycles. The van der Waals surface area contributed by atoms with Crippen LogP contribution >= 0.6 is 0 Å². The summed E-state index contributed by atoms with van der Waals surface area (Å²) in [5.41, 5.74) is 4.36. The van der Waals surface area contributed by atoms with E-state index in [2.05, 4.69) is 71.7 Å². The van der Waals surface area contributed by atoms with E-state index in [1.165, 1.54) is 16.7 Å². The maximum absolute atomic E-state index is 2.54. The van der Waals surface area contributed by atoms with E-state index in [0.29, 0.717) is 0 Å². The van der Waals surface area contributed by atoms with Gasteiger partial charge in [0.1, 0.15) is 0 Å². The lowest BCUT2D eigenvalue weighted by Gasteiger charge is -2.23. The fraction of sp³-hybridized carbons (Fsp3) is 0.263. The van der Waals surface area contributed by atoms with Crippen molar-refractivity contribution in [3.8, 4) is 0 Å². The zero-order chi connectivity index (χ0) is 13.6. The molecule has 3 rings (SSSR count). The average Bonchev–Trinajstić information content (AvgIpc) is 3.13. The summed E-state index contributed by atoms with van der Waals surface area (Å²) in [6.45, 7) is 3.12. The van der Waals surface area contributed by atoms with E-state index < -0.39 is 0 Å². The van der Waals surface area contributed by atoms with E-state index >= 15 is 0 Å². The van der Waals surface area contributed by atoms with Gasteiger partial charge < -0.3 is 0 Å². The molecule has 0 bridgehead atoms. The van der Waals surface area contributed by atoms with E-state index in [-0.39, 0.29) is 0 Å². The largest absolute Gasteiger partial charge is 0.291 e. The molecule has 0 atom stereocenters. The second-order valence-corrected chi connectivity index (χ2v) is 5.51. The first-order chi connectivity index (χ1) is 9.90. The Morgan fingerprint density at radius 1 is 0.950 bits per heavy atom. The number of nitrogens with zero attached hydrogens (tertiary/aromatic N) is 1. The van der Waals surface area contributed by atoms with E-state index in [4.69, 9.17) is 0 Å². The van der Waals surface area contributed by atoms with Gasteiger partial charge in [0.15, 0.2) is 0 Å². The predicted molar refractivity (Wildman–Crippen MR) is 85.4 cm³/mol. The Morgan fingerprint density at radius 3 is 2.55 bits per heavy atom. The summed E-state index contributed by atoms with van der Waals surface area (Å²) >= 11 is 0. The number of hydrogen-bond donors (Lipinski definition) is 0. The minimum absolute atomic E-state index is 1.02. The first-order valence-corrected chi connectivity index (χ1v) is 7.36. The molecule has 0 unspecified atom stereocenters. The third kappa shape index (κ3) is 3.58. The van der Waals surface area contributed by atoms with Gasteiger partial charge in [-0.3, -0.25) is 4.90 Å². The van der Waals surface area contributed by atoms with Crippen LogP contribution in [0.1, 0.15) is 18.4 Å². The van der Waals surface area contributed by atoms with Crippen molar-refractivity contribution in [3.63, 3.8) is 0 Å². The van der Waals surface area contributed by atoms with E-state index in [1.807, 2.05) is 0 Å². The molecule has 0 radical (unpaired) electrons. The van der Waals surface area contributed by atoms with E-state index in [0.717, 1.165) is 32.5 Å². The summed E-state index contributed by atoms with van der Waals surface area (Å²) in [4.78, 5) is 2.54. The molecule has 0 heterocycles. The number of allylic oxidation sites excluding steroid dienone is 5. The zero-order valence-corrected chi connectivity index (χ0v) is 11.8. The summed E-state index contributed by atoms with van der Waals surface area (Å²) in [5, 5.41) is 0. The van der Waals surface area contributed by atoms with Crippen LogP contribution < -0.4 is 0 Å². The topological polar surface area (TPSA) is 3.24 Å². The summed E-state index contributed by atoms with van der Waals surface area (Å²) in [7, 11) is 0. The minimum Gasteiger partial charge on any atom is -0.291 e. The van der Waals surface area contributed by atoms with Crippen LogP contribution in [0.2, 0.25) is 0 Å². The summed E-state index contributed by atoms with van der Waals surface area (Å²) in [5.74, 6) is 0. The van der Waals surface area contributed by atoms with Gasteiger partial charge in [0.2, 0.25) is 0 Å². The Bertz CT molecular complexity index is 561. The van der Waals surface area contributed by atoms with Gasteiger partial charge in [0, 0.05) is 19.6 Å². The Kier molecular flexibility index (Phi) is 4.29. The lowest BCUT2D eigenvalue weighted by molar-refractivity contribution is 0.314. The van der Waals surface area contributed by atoms with Crippen LogP contribution in [0, 0.1) is 0 Å². The molecule has 0 spiro atoms. The maximum Gasteiger partial charge on any atom is 0.0240 e. The third-order valence-electron chi connectivity index (χ3n) is 3.78. The van der Waals surface area contributed by atoms with Gasteiger partial charge in [0.05, 0.1) is 0 Å². The molecule has 1 aromatic carbocycles. The first kappa shape index (κ1) is 13.1. The molecular formula is C19H21N. The second kappa shape index (κ2) is 6.53. The SMILES string of the molecule is C1=CCC(CN(CC2=CCC=C2)Cc2ccccc2)=C1. The third-order valence-corrected chi connectivity index (χ3v) is 3.78. The summed E-state index contributed by atoms with van der Waals surface area (Å²) in [6, 6.07) is 10.8. The van der Waals surface area contributed by atoms with Gasteiger partial charge >= 0.3 is 0 Å². The Balaban J connectivity index is 1.67. The first-order valence-electron chi connectivity index (χ1n) is 7.36. The molecular weight excluding hydrogens is 242 g/mol. The van der Waals surface area contributed by atoms with Crippen LogP contribution in [0.5, 0.6) is 0 Å². The van der Waals surface area contributed by atoms with Gasteiger partial charge in [-0.25, -0.2) is 0 Å². The fourth-order valence-electron chi connectivity index (χ4n) is 2.79. The van der Waals surface area contributed by atoms with Crippen molar-refractivity contribution in [2.75, 3.05) is 13.1 Å². The molecule has 2 aliphatic rings. The average molecular weight is 263 g/mol. The highest BCUT2D eigenvalue weighted by molar-refractivity contribution is 5.29.